The summed E-state index contributed by atoms with van der Waals surface area (Å²) >= 11 is 3.34. The monoisotopic (exact) mass is 283 g/mol. The Labute approximate surface area is 101 Å². The second-order valence-electron chi connectivity index (χ2n) is 3.18. The first kappa shape index (κ1) is 11.1. The highest BCUT2D eigenvalue weighted by Crippen LogP contribution is 2.19. The SMILES string of the molecule is CCn1c(Br)nc2cc(C(=O)OC)cnc21. The number of carbonyl (C=O) groups is 1. The maximum absolute atomic E-state index is 11.3. The fourth-order valence-corrected chi connectivity index (χ4v) is 2.10. The first-order valence-corrected chi connectivity index (χ1v) is 5.56. The van der Waals surface area contributed by atoms with Crippen LogP contribution in [-0.4, -0.2) is 27.6 Å². The van der Waals surface area contributed by atoms with Crippen molar-refractivity contribution in [1.29, 1.82) is 0 Å². The first-order valence-electron chi connectivity index (χ1n) is 4.77. The molecule has 2 rings (SSSR count). The summed E-state index contributed by atoms with van der Waals surface area (Å²) in [6, 6.07) is 1.67. The fraction of sp³-hybridized carbons (Fsp3) is 0.300. The Morgan fingerprint density at radius 1 is 1.62 bits per heavy atom. The lowest BCUT2D eigenvalue weighted by molar-refractivity contribution is 0.0600. The number of methoxy groups -OCH3 is 1. The van der Waals surface area contributed by atoms with Crippen LogP contribution in [0.5, 0.6) is 0 Å². The van der Waals surface area contributed by atoms with Crippen LogP contribution in [0.4, 0.5) is 0 Å². The van der Waals surface area contributed by atoms with Crippen molar-refractivity contribution in [3.05, 3.63) is 22.6 Å². The minimum atomic E-state index is -0.406. The molecule has 0 N–H and O–H groups in total. The van der Waals surface area contributed by atoms with E-state index in [9.17, 15) is 4.79 Å². The van der Waals surface area contributed by atoms with Gasteiger partial charge in [-0.1, -0.05) is 0 Å². The van der Waals surface area contributed by atoms with E-state index in [0.29, 0.717) is 15.8 Å². The number of fused-ring (bicyclic) bond motifs is 1. The van der Waals surface area contributed by atoms with Gasteiger partial charge in [-0.25, -0.2) is 14.8 Å². The van der Waals surface area contributed by atoms with Crippen molar-refractivity contribution < 1.29 is 9.53 Å². The summed E-state index contributed by atoms with van der Waals surface area (Å²) < 4.78 is 7.24. The Hall–Kier alpha value is -1.43. The molecule has 0 saturated heterocycles. The summed E-state index contributed by atoms with van der Waals surface area (Å²) in [4.78, 5) is 19.8. The van der Waals surface area contributed by atoms with E-state index in [1.165, 1.54) is 13.3 Å². The minimum absolute atomic E-state index is 0.406. The van der Waals surface area contributed by atoms with Crippen molar-refractivity contribution >= 4 is 33.1 Å². The number of hydrogen-bond donors (Lipinski definition) is 0. The molecule has 0 atom stereocenters. The number of nitrogens with zero attached hydrogens (tertiary/aromatic N) is 3. The fourth-order valence-electron chi connectivity index (χ4n) is 1.49. The van der Waals surface area contributed by atoms with Crippen molar-refractivity contribution in [2.24, 2.45) is 0 Å². The summed E-state index contributed by atoms with van der Waals surface area (Å²) in [6.45, 7) is 2.77. The van der Waals surface area contributed by atoms with Gasteiger partial charge in [0, 0.05) is 12.7 Å². The highest BCUT2D eigenvalue weighted by molar-refractivity contribution is 9.10. The van der Waals surface area contributed by atoms with Crippen molar-refractivity contribution in [3.8, 4) is 0 Å². The number of imidazole rings is 1. The molecule has 0 unspecified atom stereocenters. The van der Waals surface area contributed by atoms with Gasteiger partial charge in [0.15, 0.2) is 10.4 Å². The molecule has 0 aliphatic heterocycles. The predicted molar refractivity (Wildman–Crippen MR) is 62.2 cm³/mol. The molecule has 84 valence electrons. The maximum atomic E-state index is 11.3. The number of pyridine rings is 1. The highest BCUT2D eigenvalue weighted by atomic mass is 79.9. The quantitative estimate of drug-likeness (QED) is 0.791. The Balaban J connectivity index is 2.60. The van der Waals surface area contributed by atoms with Gasteiger partial charge in [0.1, 0.15) is 5.52 Å². The Bertz CT molecular complexity index is 550. The molecular formula is C10H10BrN3O2. The largest absolute Gasteiger partial charge is 0.465 e. The molecule has 2 heterocycles. The maximum Gasteiger partial charge on any atom is 0.339 e. The molecular weight excluding hydrogens is 274 g/mol. The van der Waals surface area contributed by atoms with Crippen LogP contribution >= 0.6 is 15.9 Å². The number of hydrogen-bond acceptors (Lipinski definition) is 4. The molecule has 0 radical (unpaired) electrons. The molecule has 0 aromatic carbocycles. The summed E-state index contributed by atoms with van der Waals surface area (Å²) in [5.41, 5.74) is 1.84. The smallest absolute Gasteiger partial charge is 0.339 e. The van der Waals surface area contributed by atoms with Gasteiger partial charge >= 0.3 is 5.97 Å². The number of rotatable bonds is 2. The van der Waals surface area contributed by atoms with Crippen LogP contribution in [-0.2, 0) is 11.3 Å². The van der Waals surface area contributed by atoms with Crippen LogP contribution in [0, 0.1) is 0 Å². The zero-order valence-electron chi connectivity index (χ0n) is 8.90. The second kappa shape index (κ2) is 4.21. The first-order chi connectivity index (χ1) is 7.67. The molecule has 16 heavy (non-hydrogen) atoms. The van der Waals surface area contributed by atoms with Crippen LogP contribution in [0.15, 0.2) is 17.0 Å². The molecule has 6 heteroatoms. The van der Waals surface area contributed by atoms with Gasteiger partial charge in [-0.2, -0.15) is 0 Å². The van der Waals surface area contributed by atoms with Gasteiger partial charge in [0.25, 0.3) is 0 Å². The molecule has 0 fully saturated rings. The molecule has 0 aliphatic rings. The van der Waals surface area contributed by atoms with E-state index in [1.807, 2.05) is 11.5 Å². The lowest BCUT2D eigenvalue weighted by Crippen LogP contribution is -2.02. The zero-order chi connectivity index (χ0) is 11.7. The van der Waals surface area contributed by atoms with Crippen molar-refractivity contribution in [2.45, 2.75) is 13.5 Å². The number of esters is 1. The van der Waals surface area contributed by atoms with E-state index in [4.69, 9.17) is 0 Å². The number of carbonyl (C=O) groups excluding carboxylic acids is 1. The van der Waals surface area contributed by atoms with Gasteiger partial charge in [-0.05, 0) is 28.9 Å². The van der Waals surface area contributed by atoms with Crippen molar-refractivity contribution in [3.63, 3.8) is 0 Å². The number of ether oxygens (including phenoxy) is 1. The van der Waals surface area contributed by atoms with E-state index >= 15 is 0 Å². The van der Waals surface area contributed by atoms with Crippen molar-refractivity contribution in [2.75, 3.05) is 7.11 Å². The predicted octanol–water partition coefficient (Wildman–Crippen LogP) is 2.00. The number of aromatic nitrogens is 3. The van der Waals surface area contributed by atoms with E-state index in [0.717, 1.165) is 12.2 Å². The molecule has 5 nitrogen and oxygen atoms in total. The normalized spacial score (nSPS) is 10.7. The van der Waals surface area contributed by atoms with Gasteiger partial charge < -0.3 is 9.30 Å². The van der Waals surface area contributed by atoms with Gasteiger partial charge in [-0.3, -0.25) is 0 Å². The standard InChI is InChI=1S/C10H10BrN3O2/c1-3-14-8-7(13-10(14)11)4-6(5-12-8)9(15)16-2/h4-5H,3H2,1-2H3. The molecule has 2 aromatic heterocycles. The van der Waals surface area contributed by atoms with Crippen LogP contribution in [0.2, 0.25) is 0 Å². The summed E-state index contributed by atoms with van der Waals surface area (Å²) in [5.74, 6) is -0.406. The van der Waals surface area contributed by atoms with Gasteiger partial charge in [-0.15, -0.1) is 0 Å². The topological polar surface area (TPSA) is 57.0 Å². The average Bonchev–Trinajstić information content (AvgIpc) is 2.62. The Morgan fingerprint density at radius 3 is 3.00 bits per heavy atom. The van der Waals surface area contributed by atoms with E-state index in [-0.39, 0.29) is 0 Å². The zero-order valence-corrected chi connectivity index (χ0v) is 10.5. The van der Waals surface area contributed by atoms with Gasteiger partial charge in [0.05, 0.1) is 12.7 Å². The summed E-state index contributed by atoms with van der Waals surface area (Å²) in [7, 11) is 1.34. The highest BCUT2D eigenvalue weighted by Gasteiger charge is 2.12. The lowest BCUT2D eigenvalue weighted by Gasteiger charge is -2.00. The second-order valence-corrected chi connectivity index (χ2v) is 3.89. The average molecular weight is 284 g/mol. The third-order valence-corrected chi connectivity index (χ3v) is 2.88. The van der Waals surface area contributed by atoms with E-state index in [1.54, 1.807) is 6.07 Å². The summed E-state index contributed by atoms with van der Waals surface area (Å²) in [5, 5.41) is 0. The molecule has 0 bridgehead atoms. The lowest BCUT2D eigenvalue weighted by atomic mass is 10.3. The molecule has 0 spiro atoms. The number of halogens is 1. The minimum Gasteiger partial charge on any atom is -0.465 e. The Kier molecular flexibility index (Phi) is 2.91. The molecule has 0 amide bonds. The van der Waals surface area contributed by atoms with Crippen molar-refractivity contribution in [1.82, 2.24) is 14.5 Å². The Morgan fingerprint density at radius 2 is 2.38 bits per heavy atom. The van der Waals surface area contributed by atoms with Crippen LogP contribution in [0.25, 0.3) is 11.2 Å². The number of aryl methyl sites for hydroxylation is 1. The van der Waals surface area contributed by atoms with Gasteiger partial charge in [0.2, 0.25) is 0 Å². The third kappa shape index (κ3) is 1.69. The van der Waals surface area contributed by atoms with Crippen LogP contribution in [0.1, 0.15) is 17.3 Å². The van der Waals surface area contributed by atoms with Crippen LogP contribution < -0.4 is 0 Å². The third-order valence-electron chi connectivity index (χ3n) is 2.28. The molecule has 2 aromatic rings. The summed E-state index contributed by atoms with van der Waals surface area (Å²) in [6.07, 6.45) is 1.49. The molecule has 0 saturated carbocycles. The van der Waals surface area contributed by atoms with E-state index < -0.39 is 5.97 Å². The van der Waals surface area contributed by atoms with Crippen LogP contribution in [0.3, 0.4) is 0 Å². The van der Waals surface area contributed by atoms with E-state index in [2.05, 4.69) is 30.6 Å². The molecule has 0 aliphatic carbocycles.